The van der Waals surface area contributed by atoms with Crippen molar-refractivity contribution in [1.82, 2.24) is 14.9 Å². The number of rotatable bonds is 5. The highest BCUT2D eigenvalue weighted by Gasteiger charge is 2.29. The minimum absolute atomic E-state index is 0.0192. The van der Waals surface area contributed by atoms with Crippen LogP contribution >= 0.6 is 0 Å². The van der Waals surface area contributed by atoms with Crippen LogP contribution in [0.15, 0.2) is 36.7 Å². The van der Waals surface area contributed by atoms with Gasteiger partial charge in [0, 0.05) is 49.7 Å². The standard InChI is InChI=1S/C20H24N4O4/c1-26-18-19(22-8-7-21-18)28-17-6-9-24(14-17)20(25)15-2-4-16(5-3-15)23-10-12-27-13-11-23/h2-5,7-8,17H,6,9-14H2,1H3/t17-/m0/s1. The van der Waals surface area contributed by atoms with E-state index < -0.39 is 0 Å². The first-order chi connectivity index (χ1) is 13.7. The SMILES string of the molecule is COc1nccnc1O[C@H]1CCN(C(=O)c2ccc(N3CCOCC3)cc2)C1. The van der Waals surface area contributed by atoms with E-state index in [9.17, 15) is 4.79 Å². The van der Waals surface area contributed by atoms with E-state index in [1.54, 1.807) is 12.4 Å². The highest BCUT2D eigenvalue weighted by Crippen LogP contribution is 2.25. The molecule has 3 heterocycles. The van der Waals surface area contributed by atoms with Gasteiger partial charge in [-0.25, -0.2) is 9.97 Å². The number of hydrogen-bond donors (Lipinski definition) is 0. The smallest absolute Gasteiger partial charge is 0.278 e. The molecule has 0 saturated carbocycles. The molecular formula is C20H24N4O4. The summed E-state index contributed by atoms with van der Waals surface area (Å²) in [6.07, 6.45) is 3.74. The summed E-state index contributed by atoms with van der Waals surface area (Å²) in [6, 6.07) is 7.81. The Labute approximate surface area is 164 Å². The van der Waals surface area contributed by atoms with E-state index in [-0.39, 0.29) is 12.0 Å². The van der Waals surface area contributed by atoms with Gasteiger partial charge in [0.05, 0.1) is 26.9 Å². The van der Waals surface area contributed by atoms with Gasteiger partial charge in [-0.15, -0.1) is 0 Å². The normalized spacial score (nSPS) is 19.5. The minimum atomic E-state index is -0.123. The summed E-state index contributed by atoms with van der Waals surface area (Å²) in [6.45, 7) is 4.41. The van der Waals surface area contributed by atoms with E-state index in [1.165, 1.54) is 7.11 Å². The van der Waals surface area contributed by atoms with Gasteiger partial charge in [0.25, 0.3) is 17.7 Å². The zero-order chi connectivity index (χ0) is 19.3. The Balaban J connectivity index is 1.36. The molecule has 0 N–H and O–H groups in total. The van der Waals surface area contributed by atoms with Gasteiger partial charge in [-0.3, -0.25) is 4.79 Å². The van der Waals surface area contributed by atoms with Crippen molar-refractivity contribution in [1.29, 1.82) is 0 Å². The first-order valence-electron chi connectivity index (χ1n) is 9.48. The monoisotopic (exact) mass is 384 g/mol. The summed E-state index contributed by atoms with van der Waals surface area (Å²) in [5.41, 5.74) is 1.81. The number of amides is 1. The lowest BCUT2D eigenvalue weighted by molar-refractivity contribution is 0.0770. The largest absolute Gasteiger partial charge is 0.477 e. The summed E-state index contributed by atoms with van der Waals surface area (Å²) < 4.78 is 16.5. The summed E-state index contributed by atoms with van der Waals surface area (Å²) in [5, 5.41) is 0. The van der Waals surface area contributed by atoms with Crippen molar-refractivity contribution in [2.75, 3.05) is 51.4 Å². The molecule has 2 aliphatic rings. The van der Waals surface area contributed by atoms with Gasteiger partial charge in [0.15, 0.2) is 0 Å². The molecule has 2 fully saturated rings. The molecule has 4 rings (SSSR count). The molecule has 0 unspecified atom stereocenters. The van der Waals surface area contributed by atoms with Crippen molar-refractivity contribution in [3.63, 3.8) is 0 Å². The summed E-state index contributed by atoms with van der Waals surface area (Å²) >= 11 is 0. The van der Waals surface area contributed by atoms with Gasteiger partial charge in [-0.2, -0.15) is 0 Å². The Bertz CT molecular complexity index is 808. The Morgan fingerprint density at radius 3 is 2.50 bits per heavy atom. The minimum Gasteiger partial charge on any atom is -0.477 e. The van der Waals surface area contributed by atoms with Gasteiger partial charge in [0.1, 0.15) is 6.10 Å². The van der Waals surface area contributed by atoms with Crippen molar-refractivity contribution in [2.24, 2.45) is 0 Å². The second-order valence-electron chi connectivity index (χ2n) is 6.80. The van der Waals surface area contributed by atoms with E-state index in [0.29, 0.717) is 30.4 Å². The van der Waals surface area contributed by atoms with Crippen LogP contribution in [0.4, 0.5) is 5.69 Å². The predicted molar refractivity (Wildman–Crippen MR) is 103 cm³/mol. The van der Waals surface area contributed by atoms with Crippen LogP contribution in [-0.4, -0.2) is 73.4 Å². The molecule has 8 heteroatoms. The van der Waals surface area contributed by atoms with Gasteiger partial charge >= 0.3 is 0 Å². The Morgan fingerprint density at radius 2 is 1.79 bits per heavy atom. The van der Waals surface area contributed by atoms with Crippen molar-refractivity contribution < 1.29 is 19.0 Å². The molecule has 0 radical (unpaired) electrons. The molecule has 0 bridgehead atoms. The number of ether oxygens (including phenoxy) is 3. The third-order valence-corrected chi connectivity index (χ3v) is 5.03. The average Bonchev–Trinajstić information content (AvgIpc) is 3.23. The fraction of sp³-hybridized carbons (Fsp3) is 0.450. The zero-order valence-corrected chi connectivity index (χ0v) is 15.9. The molecule has 1 aromatic carbocycles. The highest BCUT2D eigenvalue weighted by molar-refractivity contribution is 5.94. The molecule has 8 nitrogen and oxygen atoms in total. The maximum absolute atomic E-state index is 12.8. The maximum atomic E-state index is 12.8. The van der Waals surface area contributed by atoms with Crippen LogP contribution in [0.2, 0.25) is 0 Å². The number of benzene rings is 1. The fourth-order valence-corrected chi connectivity index (χ4v) is 3.52. The molecule has 1 aromatic heterocycles. The summed E-state index contributed by atoms with van der Waals surface area (Å²) in [4.78, 5) is 25.2. The van der Waals surface area contributed by atoms with E-state index in [1.807, 2.05) is 29.2 Å². The number of likely N-dealkylation sites (tertiary alicyclic amines) is 1. The topological polar surface area (TPSA) is 77.0 Å². The van der Waals surface area contributed by atoms with Crippen molar-refractivity contribution >= 4 is 11.6 Å². The van der Waals surface area contributed by atoms with E-state index in [4.69, 9.17) is 14.2 Å². The Morgan fingerprint density at radius 1 is 1.07 bits per heavy atom. The maximum Gasteiger partial charge on any atom is 0.278 e. The van der Waals surface area contributed by atoms with E-state index >= 15 is 0 Å². The molecular weight excluding hydrogens is 360 g/mol. The number of anilines is 1. The van der Waals surface area contributed by atoms with Crippen LogP contribution in [0.1, 0.15) is 16.8 Å². The molecule has 2 aliphatic heterocycles. The number of carbonyl (C=O) groups excluding carboxylic acids is 1. The van der Waals surface area contributed by atoms with Crippen LogP contribution in [0.5, 0.6) is 11.8 Å². The first-order valence-corrected chi connectivity index (χ1v) is 9.48. The molecule has 1 atom stereocenters. The number of hydrogen-bond acceptors (Lipinski definition) is 7. The van der Waals surface area contributed by atoms with Crippen LogP contribution in [0.25, 0.3) is 0 Å². The lowest BCUT2D eigenvalue weighted by Crippen LogP contribution is -2.36. The van der Waals surface area contributed by atoms with Crippen molar-refractivity contribution in [3.05, 3.63) is 42.2 Å². The number of nitrogens with zero attached hydrogens (tertiary/aromatic N) is 4. The molecule has 1 amide bonds. The molecule has 28 heavy (non-hydrogen) atoms. The van der Waals surface area contributed by atoms with Crippen LogP contribution < -0.4 is 14.4 Å². The summed E-state index contributed by atoms with van der Waals surface area (Å²) in [5.74, 6) is 0.732. The number of carbonyl (C=O) groups is 1. The van der Waals surface area contributed by atoms with Gasteiger partial charge in [-0.1, -0.05) is 0 Å². The van der Waals surface area contributed by atoms with E-state index in [0.717, 1.165) is 38.4 Å². The van der Waals surface area contributed by atoms with Crippen LogP contribution in [0.3, 0.4) is 0 Å². The second kappa shape index (κ2) is 8.43. The molecule has 2 aromatic rings. The first kappa shape index (κ1) is 18.5. The van der Waals surface area contributed by atoms with Gasteiger partial charge < -0.3 is 24.0 Å². The molecule has 0 spiro atoms. The third kappa shape index (κ3) is 4.01. The Kier molecular flexibility index (Phi) is 5.57. The number of aromatic nitrogens is 2. The fourth-order valence-electron chi connectivity index (χ4n) is 3.52. The summed E-state index contributed by atoms with van der Waals surface area (Å²) in [7, 11) is 1.53. The average molecular weight is 384 g/mol. The van der Waals surface area contributed by atoms with Crippen molar-refractivity contribution in [3.8, 4) is 11.8 Å². The predicted octanol–water partition coefficient (Wildman–Crippen LogP) is 1.62. The molecule has 0 aliphatic carbocycles. The third-order valence-electron chi connectivity index (χ3n) is 5.03. The highest BCUT2D eigenvalue weighted by atomic mass is 16.5. The zero-order valence-electron chi connectivity index (χ0n) is 15.9. The van der Waals surface area contributed by atoms with Gasteiger partial charge in [-0.05, 0) is 24.3 Å². The quantitative estimate of drug-likeness (QED) is 0.775. The van der Waals surface area contributed by atoms with Gasteiger partial charge in [0.2, 0.25) is 0 Å². The molecule has 2 saturated heterocycles. The lowest BCUT2D eigenvalue weighted by atomic mass is 10.1. The van der Waals surface area contributed by atoms with Crippen LogP contribution in [-0.2, 0) is 4.74 Å². The number of methoxy groups -OCH3 is 1. The Hall–Kier alpha value is -2.87. The molecule has 148 valence electrons. The van der Waals surface area contributed by atoms with E-state index in [2.05, 4.69) is 14.9 Å². The van der Waals surface area contributed by atoms with Crippen LogP contribution in [0, 0.1) is 0 Å². The lowest BCUT2D eigenvalue weighted by Gasteiger charge is -2.29. The number of morpholine rings is 1. The van der Waals surface area contributed by atoms with Crippen molar-refractivity contribution in [2.45, 2.75) is 12.5 Å². The second-order valence-corrected chi connectivity index (χ2v) is 6.80.